The van der Waals surface area contributed by atoms with Gasteiger partial charge in [-0.3, -0.25) is 14.2 Å². The maximum atomic E-state index is 13.0. The minimum absolute atomic E-state index is 0.113. The lowest BCUT2D eigenvalue weighted by Gasteiger charge is -2.13. The average molecular weight is 480 g/mol. The van der Waals surface area contributed by atoms with Crippen molar-refractivity contribution in [2.24, 2.45) is 0 Å². The molecule has 1 aromatic heterocycles. The number of halogens is 2. The van der Waals surface area contributed by atoms with Crippen molar-refractivity contribution in [1.82, 2.24) is 14.9 Å². The van der Waals surface area contributed by atoms with Crippen LogP contribution in [0.5, 0.6) is 0 Å². The van der Waals surface area contributed by atoms with Crippen LogP contribution in [0.2, 0.25) is 10.0 Å². The number of para-hydroxylation sites is 1. The number of thioether (sulfide) groups is 1. The molecule has 3 rings (SSSR count). The normalized spacial score (nSPS) is 11.1. The van der Waals surface area contributed by atoms with E-state index in [2.05, 4.69) is 10.3 Å². The van der Waals surface area contributed by atoms with E-state index >= 15 is 0 Å². The first kappa shape index (κ1) is 23.6. The molecule has 0 bridgehead atoms. The molecular formula is C22H23Cl2N3O3S. The lowest BCUT2D eigenvalue weighted by Crippen LogP contribution is -2.27. The van der Waals surface area contributed by atoms with Gasteiger partial charge < -0.3 is 10.1 Å². The monoisotopic (exact) mass is 479 g/mol. The number of carbonyl (C=O) groups is 1. The zero-order valence-electron chi connectivity index (χ0n) is 17.1. The van der Waals surface area contributed by atoms with Gasteiger partial charge in [0.2, 0.25) is 5.91 Å². The zero-order valence-corrected chi connectivity index (χ0v) is 19.4. The quantitative estimate of drug-likeness (QED) is 0.262. The predicted molar refractivity (Wildman–Crippen MR) is 126 cm³/mol. The summed E-state index contributed by atoms with van der Waals surface area (Å²) in [5.74, 6) is -0.0548. The molecule has 0 aliphatic heterocycles. The zero-order chi connectivity index (χ0) is 22.2. The van der Waals surface area contributed by atoms with Crippen molar-refractivity contribution in [2.75, 3.05) is 19.0 Å². The Balaban J connectivity index is 1.70. The largest absolute Gasteiger partial charge is 0.382 e. The SMILES string of the molecule is CCOCCCn1c(SCC(=O)NCc2ccc(Cl)cc2Cl)nc2ccccc2c1=O. The van der Waals surface area contributed by atoms with Crippen molar-refractivity contribution in [3.8, 4) is 0 Å². The molecular weight excluding hydrogens is 457 g/mol. The van der Waals surface area contributed by atoms with Crippen LogP contribution in [0.3, 0.4) is 0 Å². The Kier molecular flexibility index (Phi) is 8.78. The molecule has 2 aromatic carbocycles. The Morgan fingerprint density at radius 2 is 2.03 bits per heavy atom. The molecule has 0 saturated heterocycles. The Morgan fingerprint density at radius 3 is 2.81 bits per heavy atom. The summed E-state index contributed by atoms with van der Waals surface area (Å²) in [5, 5.41) is 4.95. The van der Waals surface area contributed by atoms with E-state index in [-0.39, 0.29) is 17.2 Å². The molecule has 9 heteroatoms. The van der Waals surface area contributed by atoms with Crippen molar-refractivity contribution in [3.63, 3.8) is 0 Å². The van der Waals surface area contributed by atoms with Crippen LogP contribution in [-0.4, -0.2) is 34.4 Å². The molecule has 6 nitrogen and oxygen atoms in total. The molecule has 0 saturated carbocycles. The molecule has 0 aliphatic carbocycles. The van der Waals surface area contributed by atoms with E-state index in [4.69, 9.17) is 27.9 Å². The van der Waals surface area contributed by atoms with Gasteiger partial charge in [0.25, 0.3) is 5.56 Å². The molecule has 1 heterocycles. The van der Waals surface area contributed by atoms with Crippen LogP contribution >= 0.6 is 35.0 Å². The maximum absolute atomic E-state index is 13.0. The van der Waals surface area contributed by atoms with Crippen molar-refractivity contribution in [2.45, 2.75) is 31.6 Å². The molecule has 0 spiro atoms. The Bertz CT molecular complexity index is 1120. The minimum atomic E-state index is -0.181. The topological polar surface area (TPSA) is 73.2 Å². The Morgan fingerprint density at radius 1 is 1.23 bits per heavy atom. The number of nitrogens with zero attached hydrogens (tertiary/aromatic N) is 2. The van der Waals surface area contributed by atoms with Gasteiger partial charge in [-0.25, -0.2) is 4.98 Å². The van der Waals surface area contributed by atoms with Crippen LogP contribution in [0.25, 0.3) is 10.9 Å². The number of fused-ring (bicyclic) bond motifs is 1. The molecule has 0 fully saturated rings. The summed E-state index contributed by atoms with van der Waals surface area (Å²) in [6, 6.07) is 12.4. The van der Waals surface area contributed by atoms with Gasteiger partial charge in [0.1, 0.15) is 0 Å². The second-order valence-electron chi connectivity index (χ2n) is 6.72. The van der Waals surface area contributed by atoms with Gasteiger partial charge in [0.05, 0.1) is 16.7 Å². The highest BCUT2D eigenvalue weighted by atomic mass is 35.5. The smallest absolute Gasteiger partial charge is 0.262 e. The predicted octanol–water partition coefficient (Wildman–Crippen LogP) is 4.54. The van der Waals surface area contributed by atoms with Crippen LogP contribution in [-0.2, 0) is 22.6 Å². The number of benzene rings is 2. The van der Waals surface area contributed by atoms with Crippen LogP contribution in [0.4, 0.5) is 0 Å². The van der Waals surface area contributed by atoms with E-state index in [1.807, 2.05) is 19.1 Å². The van der Waals surface area contributed by atoms with Crippen molar-refractivity contribution in [3.05, 3.63) is 68.4 Å². The molecule has 31 heavy (non-hydrogen) atoms. The summed E-state index contributed by atoms with van der Waals surface area (Å²) in [6.45, 7) is 3.88. The summed E-state index contributed by atoms with van der Waals surface area (Å²) >= 11 is 13.3. The molecule has 3 aromatic rings. The van der Waals surface area contributed by atoms with Crippen LogP contribution in [0, 0.1) is 0 Å². The highest BCUT2D eigenvalue weighted by molar-refractivity contribution is 7.99. The highest BCUT2D eigenvalue weighted by Gasteiger charge is 2.13. The Labute approximate surface area is 194 Å². The minimum Gasteiger partial charge on any atom is -0.382 e. The van der Waals surface area contributed by atoms with E-state index in [0.717, 1.165) is 5.56 Å². The summed E-state index contributed by atoms with van der Waals surface area (Å²) in [4.78, 5) is 30.0. The maximum Gasteiger partial charge on any atom is 0.262 e. The number of amides is 1. The number of nitrogens with one attached hydrogen (secondary N) is 1. The summed E-state index contributed by atoms with van der Waals surface area (Å²) in [6.07, 6.45) is 0.683. The standard InChI is InChI=1S/C22H23Cl2N3O3S/c1-2-30-11-5-10-27-21(29)17-6-3-4-7-19(17)26-22(27)31-14-20(28)25-13-15-8-9-16(23)12-18(15)24/h3-4,6-9,12H,2,5,10-11,13-14H2,1H3,(H,25,28). The van der Waals surface area contributed by atoms with E-state index in [0.29, 0.717) is 58.8 Å². The molecule has 164 valence electrons. The van der Waals surface area contributed by atoms with Gasteiger partial charge in [-0.05, 0) is 43.2 Å². The van der Waals surface area contributed by atoms with Gasteiger partial charge in [0, 0.05) is 36.3 Å². The number of hydrogen-bond donors (Lipinski definition) is 1. The van der Waals surface area contributed by atoms with Gasteiger partial charge >= 0.3 is 0 Å². The Hall–Kier alpha value is -2.06. The lowest BCUT2D eigenvalue weighted by atomic mass is 10.2. The fraction of sp³-hybridized carbons (Fsp3) is 0.318. The van der Waals surface area contributed by atoms with Crippen LogP contribution in [0.15, 0.2) is 52.4 Å². The lowest BCUT2D eigenvalue weighted by molar-refractivity contribution is -0.118. The van der Waals surface area contributed by atoms with E-state index < -0.39 is 0 Å². The van der Waals surface area contributed by atoms with Gasteiger partial charge in [-0.15, -0.1) is 0 Å². The third kappa shape index (κ3) is 6.46. The fourth-order valence-electron chi connectivity index (χ4n) is 2.96. The third-order valence-corrected chi connectivity index (χ3v) is 6.09. The van der Waals surface area contributed by atoms with E-state index in [9.17, 15) is 9.59 Å². The molecule has 0 unspecified atom stereocenters. The summed E-state index contributed by atoms with van der Waals surface area (Å²) in [7, 11) is 0. The first-order chi connectivity index (χ1) is 15.0. The molecule has 1 N–H and O–H groups in total. The highest BCUT2D eigenvalue weighted by Crippen LogP contribution is 2.21. The number of rotatable bonds is 10. The van der Waals surface area contributed by atoms with Crippen molar-refractivity contribution in [1.29, 1.82) is 0 Å². The third-order valence-electron chi connectivity index (χ3n) is 4.52. The van der Waals surface area contributed by atoms with Crippen molar-refractivity contribution < 1.29 is 9.53 Å². The number of hydrogen-bond acceptors (Lipinski definition) is 5. The summed E-state index contributed by atoms with van der Waals surface area (Å²) < 4.78 is 7.01. The van der Waals surface area contributed by atoms with E-state index in [1.54, 1.807) is 34.9 Å². The van der Waals surface area contributed by atoms with Gasteiger partial charge in [0.15, 0.2) is 5.16 Å². The second-order valence-corrected chi connectivity index (χ2v) is 8.51. The van der Waals surface area contributed by atoms with E-state index in [1.165, 1.54) is 11.8 Å². The summed E-state index contributed by atoms with van der Waals surface area (Å²) in [5.41, 5.74) is 1.28. The number of carbonyl (C=O) groups excluding carboxylic acids is 1. The molecule has 1 amide bonds. The average Bonchev–Trinajstić information content (AvgIpc) is 2.76. The van der Waals surface area contributed by atoms with Crippen molar-refractivity contribution >= 4 is 51.8 Å². The first-order valence-electron chi connectivity index (χ1n) is 9.90. The number of ether oxygens (including phenoxy) is 1. The number of aromatic nitrogens is 2. The first-order valence-corrected chi connectivity index (χ1v) is 11.6. The molecule has 0 radical (unpaired) electrons. The fourth-order valence-corrected chi connectivity index (χ4v) is 4.29. The van der Waals surface area contributed by atoms with Gasteiger partial charge in [-0.1, -0.05) is 53.2 Å². The molecule has 0 atom stereocenters. The van der Waals surface area contributed by atoms with Crippen LogP contribution in [0.1, 0.15) is 18.9 Å². The van der Waals surface area contributed by atoms with Crippen LogP contribution < -0.4 is 10.9 Å². The molecule has 0 aliphatic rings. The second kappa shape index (κ2) is 11.5. The van der Waals surface area contributed by atoms with Gasteiger partial charge in [-0.2, -0.15) is 0 Å².